The maximum absolute atomic E-state index is 5.67. The summed E-state index contributed by atoms with van der Waals surface area (Å²) in [7, 11) is 1.72. The van der Waals surface area contributed by atoms with Gasteiger partial charge >= 0.3 is 0 Å². The van der Waals surface area contributed by atoms with Gasteiger partial charge < -0.3 is 9.47 Å². The van der Waals surface area contributed by atoms with Gasteiger partial charge in [0.05, 0.1) is 19.8 Å². The molecule has 0 spiro atoms. The molecule has 2 rings (SSSR count). The van der Waals surface area contributed by atoms with Gasteiger partial charge in [0, 0.05) is 5.41 Å². The molecule has 1 saturated heterocycles. The Hall–Kier alpha value is -1.02. The van der Waals surface area contributed by atoms with Gasteiger partial charge in [0.15, 0.2) is 0 Å². The molecule has 1 aromatic carbocycles. The van der Waals surface area contributed by atoms with Crippen LogP contribution in [0.5, 0.6) is 5.75 Å². The van der Waals surface area contributed by atoms with Gasteiger partial charge in [-0.15, -0.1) is 0 Å². The quantitative estimate of drug-likeness (QED) is 0.760. The van der Waals surface area contributed by atoms with E-state index < -0.39 is 0 Å². The normalized spacial score (nSPS) is 22.7. The van der Waals surface area contributed by atoms with E-state index >= 15 is 0 Å². The van der Waals surface area contributed by atoms with Crippen molar-refractivity contribution in [3.05, 3.63) is 28.8 Å². The highest BCUT2D eigenvalue weighted by Crippen LogP contribution is 2.46. The molecule has 0 amide bonds. The van der Waals surface area contributed by atoms with E-state index in [1.54, 1.807) is 7.11 Å². The third-order valence-electron chi connectivity index (χ3n) is 3.32. The second-order valence-corrected chi connectivity index (χ2v) is 5.37. The van der Waals surface area contributed by atoms with Crippen molar-refractivity contribution >= 4 is 0 Å². The summed E-state index contributed by atoms with van der Waals surface area (Å²) < 4.78 is 11.0. The fourth-order valence-corrected chi connectivity index (χ4v) is 2.50. The van der Waals surface area contributed by atoms with Gasteiger partial charge in [0.1, 0.15) is 5.75 Å². The van der Waals surface area contributed by atoms with Crippen LogP contribution in [-0.2, 0) is 4.74 Å². The zero-order chi connectivity index (χ0) is 11.9. The van der Waals surface area contributed by atoms with Crippen molar-refractivity contribution in [2.45, 2.75) is 33.8 Å². The van der Waals surface area contributed by atoms with Gasteiger partial charge in [-0.2, -0.15) is 0 Å². The Morgan fingerprint density at radius 2 is 1.81 bits per heavy atom. The molecule has 1 atom stereocenters. The number of benzene rings is 1. The standard InChI is InChI=1S/C14H20O2/c1-9-6-11(7-10(2)12(9)15-5)13-14(3,4)8-16-13/h6-7,13H,8H2,1-5H3. The van der Waals surface area contributed by atoms with Gasteiger partial charge in [-0.1, -0.05) is 13.8 Å². The van der Waals surface area contributed by atoms with E-state index in [9.17, 15) is 0 Å². The van der Waals surface area contributed by atoms with Crippen molar-refractivity contribution in [3.63, 3.8) is 0 Å². The molecule has 1 aliphatic heterocycles. The average Bonchev–Trinajstić information content (AvgIpc) is 2.15. The zero-order valence-electron chi connectivity index (χ0n) is 10.8. The lowest BCUT2D eigenvalue weighted by atomic mass is 9.78. The minimum absolute atomic E-state index is 0.232. The Morgan fingerprint density at radius 3 is 2.12 bits per heavy atom. The fourth-order valence-electron chi connectivity index (χ4n) is 2.50. The van der Waals surface area contributed by atoms with E-state index in [1.165, 1.54) is 16.7 Å². The summed E-state index contributed by atoms with van der Waals surface area (Å²) in [5, 5.41) is 0. The SMILES string of the molecule is COc1c(C)cc(C2OCC2(C)C)cc1C. The van der Waals surface area contributed by atoms with Crippen molar-refractivity contribution < 1.29 is 9.47 Å². The Labute approximate surface area is 97.6 Å². The maximum Gasteiger partial charge on any atom is 0.124 e. The molecule has 1 aromatic rings. The van der Waals surface area contributed by atoms with Gasteiger partial charge in [-0.05, 0) is 42.7 Å². The third-order valence-corrected chi connectivity index (χ3v) is 3.32. The van der Waals surface area contributed by atoms with Crippen LogP contribution in [0.1, 0.15) is 36.6 Å². The molecule has 1 aliphatic rings. The molecule has 0 bridgehead atoms. The van der Waals surface area contributed by atoms with E-state index in [1.807, 2.05) is 0 Å². The minimum atomic E-state index is 0.232. The molecule has 1 unspecified atom stereocenters. The summed E-state index contributed by atoms with van der Waals surface area (Å²) in [5.41, 5.74) is 3.90. The van der Waals surface area contributed by atoms with Crippen molar-refractivity contribution in [3.8, 4) is 5.75 Å². The van der Waals surface area contributed by atoms with E-state index in [4.69, 9.17) is 9.47 Å². The van der Waals surface area contributed by atoms with Crippen molar-refractivity contribution in [2.75, 3.05) is 13.7 Å². The molecule has 1 fully saturated rings. The lowest BCUT2D eigenvalue weighted by molar-refractivity contribution is -0.172. The molecule has 2 heteroatoms. The molecule has 1 heterocycles. The van der Waals surface area contributed by atoms with E-state index in [0.717, 1.165) is 12.4 Å². The third kappa shape index (κ3) is 1.71. The monoisotopic (exact) mass is 220 g/mol. The Bertz CT molecular complexity index is 384. The van der Waals surface area contributed by atoms with Crippen LogP contribution in [0.2, 0.25) is 0 Å². The topological polar surface area (TPSA) is 18.5 Å². The average molecular weight is 220 g/mol. The summed E-state index contributed by atoms with van der Waals surface area (Å²) >= 11 is 0. The Morgan fingerprint density at radius 1 is 1.25 bits per heavy atom. The van der Waals surface area contributed by atoms with Gasteiger partial charge in [-0.3, -0.25) is 0 Å². The first-order valence-electron chi connectivity index (χ1n) is 5.72. The first-order valence-corrected chi connectivity index (χ1v) is 5.72. The Balaban J connectivity index is 2.37. The molecule has 88 valence electrons. The predicted octanol–water partition coefficient (Wildman–Crippen LogP) is 3.41. The summed E-state index contributed by atoms with van der Waals surface area (Å²) in [6, 6.07) is 4.36. The summed E-state index contributed by atoms with van der Waals surface area (Å²) in [6.07, 6.45) is 0.232. The molecular weight excluding hydrogens is 200 g/mol. The number of aryl methyl sites for hydroxylation is 2. The molecule has 0 N–H and O–H groups in total. The molecular formula is C14H20O2. The largest absolute Gasteiger partial charge is 0.496 e. The molecule has 0 saturated carbocycles. The molecule has 0 aliphatic carbocycles. The van der Waals surface area contributed by atoms with Crippen LogP contribution >= 0.6 is 0 Å². The predicted molar refractivity (Wildman–Crippen MR) is 64.9 cm³/mol. The number of rotatable bonds is 2. The minimum Gasteiger partial charge on any atom is -0.496 e. The van der Waals surface area contributed by atoms with E-state index in [0.29, 0.717) is 0 Å². The van der Waals surface area contributed by atoms with Gasteiger partial charge in [-0.25, -0.2) is 0 Å². The zero-order valence-corrected chi connectivity index (χ0v) is 10.8. The molecule has 0 aromatic heterocycles. The Kier molecular flexibility index (Phi) is 2.70. The van der Waals surface area contributed by atoms with Crippen molar-refractivity contribution in [2.24, 2.45) is 5.41 Å². The van der Waals surface area contributed by atoms with Crippen molar-refractivity contribution in [1.82, 2.24) is 0 Å². The van der Waals surface area contributed by atoms with Crippen LogP contribution in [0.25, 0.3) is 0 Å². The van der Waals surface area contributed by atoms with E-state index in [-0.39, 0.29) is 11.5 Å². The first-order chi connectivity index (χ1) is 7.45. The number of ether oxygens (including phenoxy) is 2. The first kappa shape index (κ1) is 11.5. The lowest BCUT2D eigenvalue weighted by Gasteiger charge is -2.44. The second-order valence-electron chi connectivity index (χ2n) is 5.37. The van der Waals surface area contributed by atoms with Crippen LogP contribution in [-0.4, -0.2) is 13.7 Å². The number of hydrogen-bond donors (Lipinski definition) is 0. The van der Waals surface area contributed by atoms with Crippen LogP contribution in [0.4, 0.5) is 0 Å². The highest BCUT2D eigenvalue weighted by molar-refractivity contribution is 5.44. The van der Waals surface area contributed by atoms with Gasteiger partial charge in [0.25, 0.3) is 0 Å². The van der Waals surface area contributed by atoms with Crippen LogP contribution in [0.3, 0.4) is 0 Å². The lowest BCUT2D eigenvalue weighted by Crippen LogP contribution is -2.40. The molecule has 2 nitrogen and oxygen atoms in total. The maximum atomic E-state index is 5.67. The summed E-state index contributed by atoms with van der Waals surface area (Å²) in [5.74, 6) is 0.987. The second kappa shape index (κ2) is 3.77. The van der Waals surface area contributed by atoms with Crippen LogP contribution in [0, 0.1) is 19.3 Å². The number of hydrogen-bond acceptors (Lipinski definition) is 2. The summed E-state index contributed by atoms with van der Waals surface area (Å²) in [4.78, 5) is 0. The van der Waals surface area contributed by atoms with Crippen molar-refractivity contribution in [1.29, 1.82) is 0 Å². The smallest absolute Gasteiger partial charge is 0.124 e. The molecule has 16 heavy (non-hydrogen) atoms. The fraction of sp³-hybridized carbons (Fsp3) is 0.571. The van der Waals surface area contributed by atoms with E-state index in [2.05, 4.69) is 39.8 Å². The number of methoxy groups -OCH3 is 1. The molecule has 0 radical (unpaired) electrons. The highest BCUT2D eigenvalue weighted by atomic mass is 16.5. The summed E-state index contributed by atoms with van der Waals surface area (Å²) in [6.45, 7) is 9.51. The van der Waals surface area contributed by atoms with Gasteiger partial charge in [0.2, 0.25) is 0 Å². The highest BCUT2D eigenvalue weighted by Gasteiger charge is 2.41. The van der Waals surface area contributed by atoms with Crippen LogP contribution < -0.4 is 4.74 Å². The van der Waals surface area contributed by atoms with Crippen LogP contribution in [0.15, 0.2) is 12.1 Å².